The van der Waals surface area contributed by atoms with Crippen LogP contribution in [0.3, 0.4) is 0 Å². The largest absolute Gasteiger partial charge is 0.373 e. The van der Waals surface area contributed by atoms with Crippen LogP contribution in [-0.4, -0.2) is 35.6 Å². The molecule has 0 aliphatic carbocycles. The first-order valence-electron chi connectivity index (χ1n) is 7.84. The molecule has 0 N–H and O–H groups in total. The quantitative estimate of drug-likeness (QED) is 0.700. The van der Waals surface area contributed by atoms with Crippen molar-refractivity contribution in [2.24, 2.45) is 0 Å². The Balaban J connectivity index is 1.48. The average molecular weight is 384 g/mol. The normalized spacial score (nSPS) is 15.7. The summed E-state index contributed by atoms with van der Waals surface area (Å²) in [6.45, 7) is 2.42. The summed E-state index contributed by atoms with van der Waals surface area (Å²) >= 11 is 13.6. The molecule has 1 saturated heterocycles. The summed E-state index contributed by atoms with van der Waals surface area (Å²) in [6, 6.07) is 9.67. The first-order valence-corrected chi connectivity index (χ1v) is 9.82. The van der Waals surface area contributed by atoms with Crippen LogP contribution >= 0.6 is 35.0 Å². The van der Waals surface area contributed by atoms with Gasteiger partial charge in [-0.25, -0.2) is 0 Å². The van der Waals surface area contributed by atoms with Crippen molar-refractivity contribution in [2.45, 2.75) is 30.6 Å². The summed E-state index contributed by atoms with van der Waals surface area (Å²) in [6.07, 6.45) is 4.22. The number of thioether (sulfide) groups is 1. The van der Waals surface area contributed by atoms with Gasteiger partial charge in [-0.15, -0.1) is 22.0 Å². The Kier molecular flexibility index (Phi) is 6.22. The number of ether oxygens (including phenoxy) is 1. The van der Waals surface area contributed by atoms with Crippen molar-refractivity contribution in [2.75, 3.05) is 24.2 Å². The van der Waals surface area contributed by atoms with Crippen molar-refractivity contribution in [3.63, 3.8) is 0 Å². The van der Waals surface area contributed by atoms with E-state index in [0.29, 0.717) is 16.7 Å². The monoisotopic (exact) mass is 383 g/mol. The van der Waals surface area contributed by atoms with Crippen LogP contribution in [0.1, 0.15) is 18.4 Å². The molecule has 0 unspecified atom stereocenters. The van der Waals surface area contributed by atoms with E-state index < -0.39 is 0 Å². The maximum Gasteiger partial charge on any atom is 0.151 e. The Morgan fingerprint density at radius 1 is 1.12 bits per heavy atom. The van der Waals surface area contributed by atoms with Gasteiger partial charge in [-0.1, -0.05) is 29.3 Å². The Morgan fingerprint density at radius 3 is 2.54 bits per heavy atom. The minimum absolute atomic E-state index is 0.258. The number of hydrogen-bond donors (Lipinski definition) is 0. The molecule has 7 heteroatoms. The third kappa shape index (κ3) is 4.54. The lowest BCUT2D eigenvalue weighted by molar-refractivity contribution is 0.0250. The topological polar surface area (TPSA) is 38.2 Å². The lowest BCUT2D eigenvalue weighted by atomic mass is 10.1. The highest BCUT2D eigenvalue weighted by molar-refractivity contribution is 7.98. The van der Waals surface area contributed by atoms with Crippen LogP contribution in [0.2, 0.25) is 10.0 Å². The van der Waals surface area contributed by atoms with Gasteiger partial charge in [0.1, 0.15) is 5.03 Å². The summed E-state index contributed by atoms with van der Waals surface area (Å²) in [5.41, 5.74) is 1.05. The van der Waals surface area contributed by atoms with E-state index in [2.05, 4.69) is 15.1 Å². The highest BCUT2D eigenvalue weighted by Crippen LogP contribution is 2.25. The maximum absolute atomic E-state index is 6.04. The van der Waals surface area contributed by atoms with Crippen LogP contribution in [0.4, 0.5) is 5.82 Å². The second kappa shape index (κ2) is 8.39. The van der Waals surface area contributed by atoms with E-state index in [-0.39, 0.29) is 6.10 Å². The summed E-state index contributed by atoms with van der Waals surface area (Å²) in [5, 5.41) is 10.6. The zero-order chi connectivity index (χ0) is 16.9. The van der Waals surface area contributed by atoms with Crippen LogP contribution in [-0.2, 0) is 11.3 Å². The van der Waals surface area contributed by atoms with E-state index in [9.17, 15) is 0 Å². The number of benzene rings is 1. The van der Waals surface area contributed by atoms with Crippen molar-refractivity contribution < 1.29 is 4.74 Å². The molecule has 2 heterocycles. The minimum atomic E-state index is 0.258. The number of halogens is 2. The molecule has 1 aromatic heterocycles. The molecule has 2 aromatic rings. The Hall–Kier alpha value is -1.01. The van der Waals surface area contributed by atoms with E-state index in [0.717, 1.165) is 42.3 Å². The average Bonchev–Trinajstić information content (AvgIpc) is 2.63. The van der Waals surface area contributed by atoms with Gasteiger partial charge < -0.3 is 9.64 Å². The fraction of sp³-hybridized carbons (Fsp3) is 0.412. The minimum Gasteiger partial charge on any atom is -0.373 e. The molecule has 0 amide bonds. The summed E-state index contributed by atoms with van der Waals surface area (Å²) < 4.78 is 6.02. The molecule has 1 aliphatic heterocycles. The van der Waals surface area contributed by atoms with Crippen molar-refractivity contribution in [1.82, 2.24) is 10.2 Å². The highest BCUT2D eigenvalue weighted by Gasteiger charge is 2.21. The van der Waals surface area contributed by atoms with E-state index in [4.69, 9.17) is 27.9 Å². The zero-order valence-corrected chi connectivity index (χ0v) is 15.7. The van der Waals surface area contributed by atoms with Crippen LogP contribution in [0.15, 0.2) is 35.4 Å². The van der Waals surface area contributed by atoms with Crippen molar-refractivity contribution in [3.05, 3.63) is 45.9 Å². The maximum atomic E-state index is 6.04. The van der Waals surface area contributed by atoms with Gasteiger partial charge in [-0.3, -0.25) is 0 Å². The van der Waals surface area contributed by atoms with Crippen molar-refractivity contribution in [3.8, 4) is 0 Å². The molecule has 1 aliphatic rings. The third-order valence-corrected chi connectivity index (χ3v) is 5.45. The van der Waals surface area contributed by atoms with Crippen molar-refractivity contribution in [1.29, 1.82) is 0 Å². The molecule has 0 radical (unpaired) electrons. The number of nitrogens with zero attached hydrogens (tertiary/aromatic N) is 3. The van der Waals surface area contributed by atoms with Gasteiger partial charge in [0.2, 0.25) is 0 Å². The molecular weight excluding hydrogens is 365 g/mol. The van der Waals surface area contributed by atoms with Gasteiger partial charge in [-0.05, 0) is 48.9 Å². The predicted octanol–water partition coefficient (Wildman–Crippen LogP) is 4.69. The fourth-order valence-corrected chi connectivity index (χ4v) is 3.33. The molecule has 4 nitrogen and oxygen atoms in total. The standard InChI is InChI=1S/C17H19Cl2N3OS/c1-24-17-5-4-16(20-21-17)22-8-6-13(7-9-22)23-11-12-2-3-14(18)15(19)10-12/h2-5,10,13H,6-9,11H2,1H3. The molecule has 0 saturated carbocycles. The summed E-state index contributed by atoms with van der Waals surface area (Å²) in [4.78, 5) is 2.26. The predicted molar refractivity (Wildman–Crippen MR) is 100 cm³/mol. The number of aromatic nitrogens is 2. The smallest absolute Gasteiger partial charge is 0.151 e. The second-order valence-electron chi connectivity index (χ2n) is 5.68. The number of rotatable bonds is 5. The van der Waals surface area contributed by atoms with E-state index in [1.165, 1.54) is 0 Å². The number of hydrogen-bond acceptors (Lipinski definition) is 5. The zero-order valence-electron chi connectivity index (χ0n) is 13.4. The molecule has 0 bridgehead atoms. The third-order valence-electron chi connectivity index (χ3n) is 4.07. The SMILES string of the molecule is CSc1ccc(N2CCC(OCc3ccc(Cl)c(Cl)c3)CC2)nn1. The molecule has 1 aromatic carbocycles. The van der Waals surface area contributed by atoms with Gasteiger partial charge in [-0.2, -0.15) is 0 Å². The van der Waals surface area contributed by atoms with E-state index in [1.54, 1.807) is 11.8 Å². The summed E-state index contributed by atoms with van der Waals surface area (Å²) in [5.74, 6) is 0.940. The molecule has 0 spiro atoms. The second-order valence-corrected chi connectivity index (χ2v) is 7.32. The van der Waals surface area contributed by atoms with Gasteiger partial charge in [0.05, 0.1) is 22.8 Å². The molecule has 0 atom stereocenters. The Bertz CT molecular complexity index is 676. The Labute approximate surface area is 156 Å². The number of anilines is 1. The van der Waals surface area contributed by atoms with Crippen LogP contribution in [0.5, 0.6) is 0 Å². The van der Waals surface area contributed by atoms with Gasteiger partial charge in [0.25, 0.3) is 0 Å². The van der Waals surface area contributed by atoms with Gasteiger partial charge in [0.15, 0.2) is 5.82 Å². The van der Waals surface area contributed by atoms with Crippen LogP contribution < -0.4 is 4.90 Å². The molecule has 1 fully saturated rings. The fourth-order valence-electron chi connectivity index (χ4n) is 2.69. The molecule has 3 rings (SSSR count). The van der Waals surface area contributed by atoms with E-state index >= 15 is 0 Å². The Morgan fingerprint density at radius 2 is 1.92 bits per heavy atom. The molecule has 24 heavy (non-hydrogen) atoms. The summed E-state index contributed by atoms with van der Waals surface area (Å²) in [7, 11) is 0. The molecular formula is C17H19Cl2N3OS. The molecule has 128 valence electrons. The number of piperidine rings is 1. The van der Waals surface area contributed by atoms with Gasteiger partial charge in [0, 0.05) is 13.1 Å². The van der Waals surface area contributed by atoms with Gasteiger partial charge >= 0.3 is 0 Å². The highest BCUT2D eigenvalue weighted by atomic mass is 35.5. The van der Waals surface area contributed by atoms with E-state index in [1.807, 2.05) is 36.6 Å². The van der Waals surface area contributed by atoms with Crippen LogP contribution in [0, 0.1) is 0 Å². The lowest BCUT2D eigenvalue weighted by Crippen LogP contribution is -2.37. The first kappa shape index (κ1) is 17.8. The van der Waals surface area contributed by atoms with Crippen LogP contribution in [0.25, 0.3) is 0 Å². The first-order chi connectivity index (χ1) is 11.7. The van der Waals surface area contributed by atoms with Crippen molar-refractivity contribution >= 4 is 40.8 Å². The lowest BCUT2D eigenvalue weighted by Gasteiger charge is -2.32.